The van der Waals surface area contributed by atoms with Crippen molar-refractivity contribution in [2.24, 2.45) is 0 Å². The van der Waals surface area contributed by atoms with E-state index in [2.05, 4.69) is 9.97 Å². The minimum absolute atomic E-state index is 0.00600. The second-order valence-corrected chi connectivity index (χ2v) is 9.44. The first-order valence-corrected chi connectivity index (χ1v) is 12.6. The number of nitrogen functional groups attached to an aromatic ring is 1. The Hall–Kier alpha value is -5.46. The summed E-state index contributed by atoms with van der Waals surface area (Å²) in [5, 5.41) is 19.8. The first-order chi connectivity index (χ1) is 19.5. The molecule has 196 valence electrons. The van der Waals surface area contributed by atoms with Gasteiger partial charge in [-0.15, -0.1) is 0 Å². The molecular formula is C31H24N6O3. The van der Waals surface area contributed by atoms with Crippen LogP contribution in [0.25, 0.3) is 33.9 Å². The van der Waals surface area contributed by atoms with Crippen LogP contribution in [0.3, 0.4) is 0 Å². The molecule has 1 fully saturated rings. The van der Waals surface area contributed by atoms with E-state index in [9.17, 15) is 15.2 Å². The number of aliphatic hydroxyl groups excluding tert-OH is 1. The minimum Gasteiger partial charge on any atom is -0.457 e. The molecular weight excluding hydrogens is 504 g/mol. The number of aliphatic hydroxyl groups is 1. The molecule has 0 aliphatic carbocycles. The third kappa shape index (κ3) is 4.75. The van der Waals surface area contributed by atoms with Crippen LogP contribution in [0.15, 0.2) is 97.0 Å². The number of carbonyl (C=O) groups is 1. The van der Waals surface area contributed by atoms with Crippen LogP contribution in [0, 0.1) is 11.3 Å². The summed E-state index contributed by atoms with van der Waals surface area (Å²) in [6.45, 7) is 0.465. The summed E-state index contributed by atoms with van der Waals surface area (Å²) in [7, 11) is 0. The van der Waals surface area contributed by atoms with E-state index in [1.54, 1.807) is 6.08 Å². The molecule has 1 aliphatic rings. The van der Waals surface area contributed by atoms with E-state index < -0.39 is 12.0 Å². The Kier molecular flexibility index (Phi) is 6.44. The SMILES string of the molecule is N#C/C(=C/c1cccc(-n2cc(-c3ccc(Oc4ccccc4)cc3)c3c(N)ncnc32)c1)C(=O)N1CC(O)C1. The monoisotopic (exact) mass is 528 g/mol. The lowest BCUT2D eigenvalue weighted by Crippen LogP contribution is -2.53. The standard InChI is InChI=1S/C31H24N6O3/c32-15-22(31(39)36-16-24(38)17-36)13-20-5-4-6-23(14-20)37-18-27(28-29(33)34-19-35-30(28)37)21-9-11-26(12-10-21)40-25-7-2-1-3-8-25/h1-14,18-19,24,38H,16-17H2,(H2,33,34,35)/b22-13-. The Bertz CT molecular complexity index is 1780. The Morgan fingerprint density at radius 3 is 2.50 bits per heavy atom. The van der Waals surface area contributed by atoms with Crippen LogP contribution >= 0.6 is 0 Å². The highest BCUT2D eigenvalue weighted by atomic mass is 16.5. The van der Waals surface area contributed by atoms with E-state index in [0.717, 1.165) is 22.6 Å². The molecule has 3 heterocycles. The second-order valence-electron chi connectivity index (χ2n) is 9.44. The number of amides is 1. The maximum absolute atomic E-state index is 12.6. The summed E-state index contributed by atoms with van der Waals surface area (Å²) in [5.74, 6) is 1.42. The fourth-order valence-corrected chi connectivity index (χ4v) is 4.69. The smallest absolute Gasteiger partial charge is 0.264 e. The van der Waals surface area contributed by atoms with Gasteiger partial charge in [-0.05, 0) is 53.6 Å². The Labute approximate surface area is 230 Å². The highest BCUT2D eigenvalue weighted by Crippen LogP contribution is 2.35. The molecule has 9 heteroatoms. The fourth-order valence-electron chi connectivity index (χ4n) is 4.69. The van der Waals surface area contributed by atoms with Gasteiger partial charge in [-0.25, -0.2) is 9.97 Å². The number of likely N-dealkylation sites (tertiary alicyclic amines) is 1. The average Bonchev–Trinajstić information content (AvgIpc) is 3.36. The lowest BCUT2D eigenvalue weighted by Gasteiger charge is -2.35. The number of β-amino-alcohol motifs (C(OH)–C–C–N with tert-alkyl or cyclic N) is 1. The zero-order chi connectivity index (χ0) is 27.6. The average molecular weight is 529 g/mol. The van der Waals surface area contributed by atoms with Gasteiger partial charge in [0.05, 0.1) is 11.5 Å². The molecule has 0 bridgehead atoms. The van der Waals surface area contributed by atoms with E-state index in [0.29, 0.717) is 28.2 Å². The third-order valence-electron chi connectivity index (χ3n) is 6.72. The summed E-state index contributed by atoms with van der Waals surface area (Å²) in [6, 6.07) is 26.7. The summed E-state index contributed by atoms with van der Waals surface area (Å²) >= 11 is 0. The fraction of sp³-hybridized carbons (Fsp3) is 0.0968. The maximum atomic E-state index is 12.6. The maximum Gasteiger partial charge on any atom is 0.264 e. The summed E-state index contributed by atoms with van der Waals surface area (Å²) < 4.78 is 7.85. The van der Waals surface area contributed by atoms with Crippen molar-refractivity contribution in [2.75, 3.05) is 18.8 Å². The number of benzene rings is 3. The number of ether oxygens (including phenoxy) is 1. The molecule has 0 saturated carbocycles. The molecule has 1 saturated heterocycles. The predicted molar refractivity (Wildman–Crippen MR) is 151 cm³/mol. The number of rotatable bonds is 6. The molecule has 1 amide bonds. The van der Waals surface area contributed by atoms with Gasteiger partial charge in [0.25, 0.3) is 5.91 Å². The quantitative estimate of drug-likeness (QED) is 0.244. The predicted octanol–water partition coefficient (Wildman–Crippen LogP) is 4.57. The zero-order valence-corrected chi connectivity index (χ0v) is 21.3. The molecule has 2 aromatic heterocycles. The van der Waals surface area contributed by atoms with E-state index in [1.807, 2.05) is 95.7 Å². The first kappa shape index (κ1) is 24.9. The van der Waals surface area contributed by atoms with E-state index in [1.165, 1.54) is 11.2 Å². The van der Waals surface area contributed by atoms with Gasteiger partial charge >= 0.3 is 0 Å². The van der Waals surface area contributed by atoms with Crippen LogP contribution in [-0.4, -0.2) is 49.6 Å². The lowest BCUT2D eigenvalue weighted by molar-refractivity contribution is -0.136. The number of nitrogens with two attached hydrogens (primary N) is 1. The molecule has 0 spiro atoms. The largest absolute Gasteiger partial charge is 0.457 e. The summed E-state index contributed by atoms with van der Waals surface area (Å²) in [5.41, 5.74) is 10.2. The summed E-state index contributed by atoms with van der Waals surface area (Å²) in [6.07, 6.45) is 4.39. The minimum atomic E-state index is -0.537. The van der Waals surface area contributed by atoms with Gasteiger partial charge in [0, 0.05) is 30.5 Å². The lowest BCUT2D eigenvalue weighted by atomic mass is 10.1. The molecule has 0 unspecified atom stereocenters. The van der Waals surface area contributed by atoms with Gasteiger partial charge in [-0.1, -0.05) is 42.5 Å². The molecule has 0 radical (unpaired) electrons. The second kappa shape index (κ2) is 10.4. The number of aromatic nitrogens is 3. The Morgan fingerprint density at radius 2 is 1.77 bits per heavy atom. The molecule has 9 nitrogen and oxygen atoms in total. The van der Waals surface area contributed by atoms with Gasteiger partial charge in [0.1, 0.15) is 35.3 Å². The van der Waals surface area contributed by atoms with Gasteiger partial charge < -0.3 is 25.0 Å². The molecule has 1 aliphatic heterocycles. The van der Waals surface area contributed by atoms with Crippen molar-refractivity contribution in [3.8, 4) is 34.4 Å². The number of hydrogen-bond donors (Lipinski definition) is 2. The van der Waals surface area contributed by atoms with Gasteiger partial charge in [0.15, 0.2) is 5.65 Å². The highest BCUT2D eigenvalue weighted by molar-refractivity contribution is 6.03. The van der Waals surface area contributed by atoms with Gasteiger partial charge in [-0.3, -0.25) is 4.79 Å². The number of carbonyl (C=O) groups excluding carboxylic acids is 1. The number of nitriles is 1. The van der Waals surface area contributed by atoms with Crippen molar-refractivity contribution >= 4 is 28.8 Å². The number of anilines is 1. The first-order valence-electron chi connectivity index (χ1n) is 12.6. The molecule has 0 atom stereocenters. The molecule has 3 aromatic carbocycles. The van der Waals surface area contributed by atoms with Crippen molar-refractivity contribution in [2.45, 2.75) is 6.10 Å². The zero-order valence-electron chi connectivity index (χ0n) is 21.3. The number of hydrogen-bond acceptors (Lipinski definition) is 7. The third-order valence-corrected chi connectivity index (χ3v) is 6.72. The molecule has 3 N–H and O–H groups in total. The summed E-state index contributed by atoms with van der Waals surface area (Å²) in [4.78, 5) is 22.8. The van der Waals surface area contributed by atoms with Gasteiger partial charge in [0.2, 0.25) is 0 Å². The van der Waals surface area contributed by atoms with Crippen LogP contribution in [0.1, 0.15) is 5.56 Å². The van der Waals surface area contributed by atoms with E-state index in [-0.39, 0.29) is 18.7 Å². The number of nitrogens with zero attached hydrogens (tertiary/aromatic N) is 5. The Balaban J connectivity index is 1.36. The molecule has 5 aromatic rings. The van der Waals surface area contributed by atoms with Crippen molar-refractivity contribution in [3.05, 3.63) is 103 Å². The normalized spacial score (nSPS) is 13.6. The van der Waals surface area contributed by atoms with Gasteiger partial charge in [-0.2, -0.15) is 5.26 Å². The highest BCUT2D eigenvalue weighted by Gasteiger charge is 2.30. The van der Waals surface area contributed by atoms with Crippen molar-refractivity contribution < 1.29 is 14.6 Å². The van der Waals surface area contributed by atoms with Crippen molar-refractivity contribution in [3.63, 3.8) is 0 Å². The topological polar surface area (TPSA) is 130 Å². The van der Waals surface area contributed by atoms with Crippen LogP contribution < -0.4 is 10.5 Å². The van der Waals surface area contributed by atoms with E-state index >= 15 is 0 Å². The number of para-hydroxylation sites is 1. The molecule has 6 rings (SSSR count). The van der Waals surface area contributed by atoms with Crippen LogP contribution in [0.4, 0.5) is 5.82 Å². The Morgan fingerprint density at radius 1 is 1.02 bits per heavy atom. The van der Waals surface area contributed by atoms with Crippen LogP contribution in [0.2, 0.25) is 0 Å². The van der Waals surface area contributed by atoms with E-state index in [4.69, 9.17) is 10.5 Å². The van der Waals surface area contributed by atoms with Crippen molar-refractivity contribution in [1.82, 2.24) is 19.4 Å². The molecule has 40 heavy (non-hydrogen) atoms. The number of fused-ring (bicyclic) bond motifs is 1. The van der Waals surface area contributed by atoms with Crippen LogP contribution in [0.5, 0.6) is 11.5 Å². The van der Waals surface area contributed by atoms with Crippen LogP contribution in [-0.2, 0) is 4.79 Å². The van der Waals surface area contributed by atoms with Crippen molar-refractivity contribution in [1.29, 1.82) is 5.26 Å².